The van der Waals surface area contributed by atoms with Gasteiger partial charge >= 0.3 is 5.69 Å². The molecule has 0 aliphatic carbocycles. The average molecular weight is 492 g/mol. The maximum Gasteiger partial charge on any atom is 0.323 e. The second-order valence-corrected chi connectivity index (χ2v) is 9.08. The summed E-state index contributed by atoms with van der Waals surface area (Å²) in [6, 6.07) is 21.4. The van der Waals surface area contributed by atoms with E-state index in [1.165, 1.54) is 0 Å². The lowest BCUT2D eigenvalue weighted by molar-refractivity contribution is 0.0250. The quantitative estimate of drug-likeness (QED) is 0.234. The molecule has 3 aromatic carbocycles. The van der Waals surface area contributed by atoms with Crippen molar-refractivity contribution in [2.45, 2.75) is 38.0 Å². The first kappa shape index (κ1) is 25.3. The molecule has 1 aromatic heterocycles. The van der Waals surface area contributed by atoms with E-state index >= 15 is 0 Å². The Labute approximate surface area is 210 Å². The molecule has 8 nitrogen and oxygen atoms in total. The number of ether oxygens (including phenoxy) is 3. The first-order valence-electron chi connectivity index (χ1n) is 12.0. The first-order chi connectivity index (χ1) is 17.4. The van der Waals surface area contributed by atoms with E-state index in [1.807, 2.05) is 24.3 Å². The van der Waals surface area contributed by atoms with E-state index in [0.29, 0.717) is 23.2 Å². The zero-order valence-corrected chi connectivity index (χ0v) is 20.7. The number of aliphatic hydroxyl groups excluding tert-OH is 1. The highest BCUT2D eigenvalue weighted by atomic mass is 16.5. The van der Waals surface area contributed by atoms with Gasteiger partial charge in [0.15, 0.2) is 6.23 Å². The zero-order valence-electron chi connectivity index (χ0n) is 20.7. The standard InChI is InChI=1S/C28H33N3O5/c1-17(16-24(32)27(29)36-25-6-4-5-23-26(25)31-28(33)30-23)15-22(18-7-11-20(34-2)12-8-18)19-9-13-21(35-3)14-10-19/h4-14,17,22,24,27,32H,15-16,29H2,1-3H3,(H2,30,31,33). The predicted octanol–water partition coefficient (Wildman–Crippen LogP) is 4.15. The number of nitrogens with two attached hydrogens (primary N) is 1. The normalized spacial score (nSPS) is 13.9. The summed E-state index contributed by atoms with van der Waals surface area (Å²) in [6.07, 6.45) is -0.600. The molecule has 3 atom stereocenters. The molecule has 8 heteroatoms. The van der Waals surface area contributed by atoms with E-state index < -0.39 is 12.3 Å². The molecule has 0 amide bonds. The van der Waals surface area contributed by atoms with E-state index in [-0.39, 0.29) is 17.5 Å². The van der Waals surface area contributed by atoms with Crippen LogP contribution < -0.4 is 25.6 Å². The minimum absolute atomic E-state index is 0.111. The fourth-order valence-electron chi connectivity index (χ4n) is 4.54. The highest BCUT2D eigenvalue weighted by molar-refractivity contribution is 5.81. The summed E-state index contributed by atoms with van der Waals surface area (Å²) in [6.45, 7) is 2.10. The molecule has 5 N–H and O–H groups in total. The van der Waals surface area contributed by atoms with Gasteiger partial charge in [0, 0.05) is 5.92 Å². The van der Waals surface area contributed by atoms with Crippen LogP contribution in [-0.4, -0.2) is 41.6 Å². The van der Waals surface area contributed by atoms with Gasteiger partial charge in [-0.2, -0.15) is 0 Å². The van der Waals surface area contributed by atoms with Gasteiger partial charge in [-0.05, 0) is 66.3 Å². The van der Waals surface area contributed by atoms with Crippen LogP contribution in [0.25, 0.3) is 11.0 Å². The van der Waals surface area contributed by atoms with Crippen molar-refractivity contribution in [2.75, 3.05) is 14.2 Å². The lowest BCUT2D eigenvalue weighted by Crippen LogP contribution is -2.40. The van der Waals surface area contributed by atoms with Crippen molar-refractivity contribution in [1.82, 2.24) is 9.97 Å². The maximum atomic E-state index is 11.7. The minimum atomic E-state index is -0.947. The van der Waals surface area contributed by atoms with Gasteiger partial charge in [0.2, 0.25) is 0 Å². The van der Waals surface area contributed by atoms with Gasteiger partial charge in [-0.3, -0.25) is 5.73 Å². The number of benzene rings is 3. The maximum absolute atomic E-state index is 11.7. The Morgan fingerprint density at radius 3 is 2.00 bits per heavy atom. The Kier molecular flexibility index (Phi) is 7.97. The van der Waals surface area contributed by atoms with Crippen LogP contribution in [0.2, 0.25) is 0 Å². The lowest BCUT2D eigenvalue weighted by atomic mass is 9.82. The van der Waals surface area contributed by atoms with E-state index in [2.05, 4.69) is 41.2 Å². The van der Waals surface area contributed by atoms with Crippen molar-refractivity contribution in [1.29, 1.82) is 0 Å². The molecule has 4 rings (SSSR count). The number of nitrogens with one attached hydrogen (secondary N) is 2. The number of aliphatic hydroxyl groups is 1. The molecule has 0 bridgehead atoms. The lowest BCUT2D eigenvalue weighted by Gasteiger charge is -2.26. The fourth-order valence-corrected chi connectivity index (χ4v) is 4.54. The van der Waals surface area contributed by atoms with Crippen LogP contribution >= 0.6 is 0 Å². The van der Waals surface area contributed by atoms with Crippen molar-refractivity contribution < 1.29 is 19.3 Å². The average Bonchev–Trinajstić information content (AvgIpc) is 3.28. The van der Waals surface area contributed by atoms with Gasteiger partial charge in [0.1, 0.15) is 28.9 Å². The molecule has 0 aliphatic rings. The fraction of sp³-hybridized carbons (Fsp3) is 0.321. The summed E-state index contributed by atoms with van der Waals surface area (Å²) < 4.78 is 16.5. The van der Waals surface area contributed by atoms with Crippen LogP contribution in [0.15, 0.2) is 71.5 Å². The predicted molar refractivity (Wildman–Crippen MR) is 140 cm³/mol. The largest absolute Gasteiger partial charge is 0.497 e. The molecule has 0 spiro atoms. The van der Waals surface area contributed by atoms with Crippen molar-refractivity contribution in [3.63, 3.8) is 0 Å². The Hall–Kier alpha value is -3.75. The summed E-state index contributed by atoms with van der Waals surface area (Å²) in [4.78, 5) is 17.0. The van der Waals surface area contributed by atoms with Crippen LogP contribution in [-0.2, 0) is 0 Å². The van der Waals surface area contributed by atoms with Crippen LogP contribution in [0, 0.1) is 5.92 Å². The number of aromatic nitrogens is 2. The number of imidazole rings is 1. The van der Waals surface area contributed by atoms with Gasteiger partial charge in [-0.1, -0.05) is 37.3 Å². The first-order valence-corrected chi connectivity index (χ1v) is 12.0. The minimum Gasteiger partial charge on any atom is -0.497 e. The number of aromatic amines is 2. The van der Waals surface area contributed by atoms with Gasteiger partial charge in [-0.15, -0.1) is 0 Å². The van der Waals surface area contributed by atoms with Crippen LogP contribution in [0.1, 0.15) is 36.8 Å². The summed E-state index contributed by atoms with van der Waals surface area (Å²) in [5, 5.41) is 10.9. The number of H-pyrrole nitrogens is 2. The van der Waals surface area contributed by atoms with Crippen molar-refractivity contribution in [3.8, 4) is 17.2 Å². The number of hydrogen-bond donors (Lipinski definition) is 4. The SMILES string of the molecule is COc1ccc(C(CC(C)CC(O)C(N)Oc2cccc3[nH]c(=O)[nH]c23)c2ccc(OC)cc2)cc1. The van der Waals surface area contributed by atoms with E-state index in [1.54, 1.807) is 32.4 Å². The molecule has 0 fully saturated rings. The van der Waals surface area contributed by atoms with Crippen molar-refractivity contribution >= 4 is 11.0 Å². The Morgan fingerprint density at radius 1 is 0.861 bits per heavy atom. The molecule has 1 heterocycles. The molecule has 4 aromatic rings. The van der Waals surface area contributed by atoms with Crippen molar-refractivity contribution in [3.05, 3.63) is 88.3 Å². The summed E-state index contributed by atoms with van der Waals surface area (Å²) in [7, 11) is 3.30. The number of rotatable bonds is 11. The van der Waals surface area contributed by atoms with Gasteiger partial charge in [0.25, 0.3) is 0 Å². The molecule has 36 heavy (non-hydrogen) atoms. The highest BCUT2D eigenvalue weighted by Crippen LogP contribution is 2.34. The third-order valence-corrected chi connectivity index (χ3v) is 6.47. The monoisotopic (exact) mass is 491 g/mol. The van der Waals surface area contributed by atoms with Gasteiger partial charge < -0.3 is 29.3 Å². The van der Waals surface area contributed by atoms with Crippen LogP contribution in [0.3, 0.4) is 0 Å². The van der Waals surface area contributed by atoms with Gasteiger partial charge in [-0.25, -0.2) is 4.79 Å². The van der Waals surface area contributed by atoms with Gasteiger partial charge in [0.05, 0.1) is 19.7 Å². The molecule has 3 unspecified atom stereocenters. The molecule has 0 aliphatic heterocycles. The number of para-hydroxylation sites is 1. The van der Waals surface area contributed by atoms with E-state index in [9.17, 15) is 9.90 Å². The third kappa shape index (κ3) is 5.90. The van der Waals surface area contributed by atoms with Crippen molar-refractivity contribution in [2.24, 2.45) is 11.7 Å². The zero-order chi connectivity index (χ0) is 25.7. The second-order valence-electron chi connectivity index (χ2n) is 9.08. The molecular weight excluding hydrogens is 458 g/mol. The second kappa shape index (κ2) is 11.3. The number of fused-ring (bicyclic) bond motifs is 1. The van der Waals surface area contributed by atoms with Crippen LogP contribution in [0.4, 0.5) is 0 Å². The summed E-state index contributed by atoms with van der Waals surface area (Å²) in [5.41, 5.74) is 9.34. The summed E-state index contributed by atoms with van der Waals surface area (Å²) >= 11 is 0. The number of hydrogen-bond acceptors (Lipinski definition) is 6. The molecule has 190 valence electrons. The molecule has 0 saturated carbocycles. The Morgan fingerprint density at radius 2 is 1.44 bits per heavy atom. The van der Waals surface area contributed by atoms with E-state index in [0.717, 1.165) is 29.0 Å². The Bertz CT molecular complexity index is 1270. The Balaban J connectivity index is 1.47. The highest BCUT2D eigenvalue weighted by Gasteiger charge is 2.24. The molecular formula is C28H33N3O5. The third-order valence-electron chi connectivity index (χ3n) is 6.47. The smallest absolute Gasteiger partial charge is 0.323 e. The topological polar surface area (TPSA) is 123 Å². The van der Waals surface area contributed by atoms with E-state index in [4.69, 9.17) is 19.9 Å². The summed E-state index contributed by atoms with van der Waals surface area (Å²) in [5.74, 6) is 2.26. The number of methoxy groups -OCH3 is 2. The molecule has 0 saturated heterocycles. The van der Waals surface area contributed by atoms with Crippen LogP contribution in [0.5, 0.6) is 17.2 Å². The molecule has 0 radical (unpaired) electrons.